The fraction of sp³-hybridized carbons (Fsp3) is 0.172. The monoisotopic (exact) mass is 525 g/mol. The Kier molecular flexibility index (Phi) is 6.53. The first-order valence-electron chi connectivity index (χ1n) is 12.1. The van der Waals surface area contributed by atoms with Crippen LogP contribution in [-0.4, -0.2) is 39.5 Å². The van der Waals surface area contributed by atoms with Gasteiger partial charge in [-0.15, -0.1) is 0 Å². The van der Waals surface area contributed by atoms with Gasteiger partial charge in [-0.1, -0.05) is 11.6 Å². The number of amides is 1. The van der Waals surface area contributed by atoms with Gasteiger partial charge in [0.25, 0.3) is 11.5 Å². The molecule has 0 atom stereocenters. The summed E-state index contributed by atoms with van der Waals surface area (Å²) in [4.78, 5) is 34.1. The van der Waals surface area contributed by atoms with Crippen LogP contribution < -0.4 is 25.5 Å². The Morgan fingerprint density at radius 2 is 1.67 bits per heavy atom. The maximum atomic E-state index is 13.2. The lowest BCUT2D eigenvalue weighted by Crippen LogP contribution is -2.26. The van der Waals surface area contributed by atoms with Crippen molar-refractivity contribution in [3.05, 3.63) is 88.1 Å². The highest BCUT2D eigenvalue weighted by Gasteiger charge is 2.22. The highest BCUT2D eigenvalue weighted by molar-refractivity contribution is 5.94. The minimum atomic E-state index is -0.764. The standard InChI is InChI=1S/C29H27N5O5/c1-16-6-9-23(34-29(36)27(28(30)35)17(2)33(34)3)19(12-16)21-8-7-18(15-32-21)39-24-10-11-31-22-14-26(38-5)25(37-4)13-20(22)24/h6-15H,1-5H3,(H2,30,35). The predicted octanol–water partition coefficient (Wildman–Crippen LogP) is 4.31. The molecule has 0 aliphatic heterocycles. The Bertz CT molecular complexity index is 1790. The molecule has 0 bridgehead atoms. The number of fused-ring (bicyclic) bond motifs is 1. The Morgan fingerprint density at radius 3 is 2.31 bits per heavy atom. The van der Waals surface area contributed by atoms with Gasteiger partial charge < -0.3 is 19.9 Å². The molecule has 5 rings (SSSR count). The van der Waals surface area contributed by atoms with Crippen LogP contribution in [0.15, 0.2) is 65.7 Å². The van der Waals surface area contributed by atoms with Gasteiger partial charge in [0.05, 0.1) is 43.0 Å². The fourth-order valence-electron chi connectivity index (χ4n) is 4.57. The molecule has 0 saturated carbocycles. The van der Waals surface area contributed by atoms with Gasteiger partial charge in [-0.2, -0.15) is 0 Å². The lowest BCUT2D eigenvalue weighted by Gasteiger charge is -2.15. The van der Waals surface area contributed by atoms with Crippen molar-refractivity contribution < 1.29 is 19.0 Å². The third kappa shape index (κ3) is 4.46. The number of methoxy groups -OCH3 is 2. The normalized spacial score (nSPS) is 11.0. The van der Waals surface area contributed by atoms with E-state index in [2.05, 4.69) is 9.97 Å². The summed E-state index contributed by atoms with van der Waals surface area (Å²) >= 11 is 0. The van der Waals surface area contributed by atoms with Crippen LogP contribution in [0.5, 0.6) is 23.0 Å². The Morgan fingerprint density at radius 1 is 0.923 bits per heavy atom. The van der Waals surface area contributed by atoms with E-state index < -0.39 is 11.5 Å². The van der Waals surface area contributed by atoms with Crippen LogP contribution >= 0.6 is 0 Å². The average Bonchev–Trinajstić information content (AvgIpc) is 3.16. The number of carbonyl (C=O) groups is 1. The molecule has 5 aromatic rings. The lowest BCUT2D eigenvalue weighted by atomic mass is 10.1. The van der Waals surface area contributed by atoms with Gasteiger partial charge in [-0.3, -0.25) is 24.2 Å². The van der Waals surface area contributed by atoms with Crippen molar-refractivity contribution in [2.45, 2.75) is 13.8 Å². The number of hydrogen-bond donors (Lipinski definition) is 1. The van der Waals surface area contributed by atoms with Crippen LogP contribution in [0.1, 0.15) is 21.6 Å². The SMILES string of the molecule is COc1cc2nccc(Oc3ccc(-c4cc(C)ccc4-n4c(=O)c(C(N)=O)c(C)n4C)nc3)c2cc1OC. The minimum absolute atomic E-state index is 0.0421. The summed E-state index contributed by atoms with van der Waals surface area (Å²) in [6, 6.07) is 14.6. The molecular formula is C29H27N5O5. The zero-order valence-electron chi connectivity index (χ0n) is 22.2. The summed E-state index contributed by atoms with van der Waals surface area (Å²) in [5, 5.41) is 0.754. The second-order valence-corrected chi connectivity index (χ2v) is 9.00. The van der Waals surface area contributed by atoms with Crippen LogP contribution in [0.3, 0.4) is 0 Å². The van der Waals surface area contributed by atoms with Crippen LogP contribution in [0.25, 0.3) is 27.8 Å². The molecule has 1 amide bonds. The highest BCUT2D eigenvalue weighted by Crippen LogP contribution is 2.37. The molecular weight excluding hydrogens is 498 g/mol. The number of nitrogens with two attached hydrogens (primary N) is 1. The van der Waals surface area contributed by atoms with Crippen molar-refractivity contribution in [1.29, 1.82) is 0 Å². The number of ether oxygens (including phenoxy) is 3. The first kappa shape index (κ1) is 25.5. The maximum absolute atomic E-state index is 13.2. The summed E-state index contributed by atoms with van der Waals surface area (Å²) in [5.74, 6) is 1.47. The Labute approximate surface area is 224 Å². The number of nitrogens with zero attached hydrogens (tertiary/aromatic N) is 4. The van der Waals surface area contributed by atoms with Crippen molar-refractivity contribution in [3.63, 3.8) is 0 Å². The Hall–Kier alpha value is -5.12. The van der Waals surface area contributed by atoms with Gasteiger partial charge in [-0.05, 0) is 50.2 Å². The fourth-order valence-corrected chi connectivity index (χ4v) is 4.57. The van der Waals surface area contributed by atoms with Gasteiger partial charge in [-0.25, -0.2) is 4.68 Å². The summed E-state index contributed by atoms with van der Waals surface area (Å²) < 4.78 is 20.0. The van der Waals surface area contributed by atoms with E-state index in [-0.39, 0.29) is 5.56 Å². The number of rotatable bonds is 7. The number of carbonyl (C=O) groups excluding carboxylic acids is 1. The second kappa shape index (κ2) is 9.97. The molecule has 0 spiro atoms. The number of benzene rings is 2. The van der Waals surface area contributed by atoms with Gasteiger partial charge in [0.15, 0.2) is 11.5 Å². The van der Waals surface area contributed by atoms with Crippen molar-refractivity contribution in [2.75, 3.05) is 14.2 Å². The van der Waals surface area contributed by atoms with E-state index >= 15 is 0 Å². The number of aromatic nitrogens is 4. The quantitative estimate of drug-likeness (QED) is 0.336. The molecule has 3 aromatic heterocycles. The summed E-state index contributed by atoms with van der Waals surface area (Å²) in [5.41, 5.74) is 9.03. The third-order valence-electron chi connectivity index (χ3n) is 6.63. The van der Waals surface area contributed by atoms with Crippen LogP contribution in [-0.2, 0) is 7.05 Å². The number of aryl methyl sites for hydroxylation is 1. The van der Waals surface area contributed by atoms with Crippen LogP contribution in [0.4, 0.5) is 0 Å². The molecule has 0 fully saturated rings. The van der Waals surface area contributed by atoms with E-state index in [1.807, 2.05) is 37.3 Å². The van der Waals surface area contributed by atoms with Gasteiger partial charge in [0, 0.05) is 30.3 Å². The molecule has 39 heavy (non-hydrogen) atoms. The summed E-state index contributed by atoms with van der Waals surface area (Å²) in [7, 11) is 4.85. The van der Waals surface area contributed by atoms with Gasteiger partial charge in [0.1, 0.15) is 17.1 Å². The van der Waals surface area contributed by atoms with E-state index in [4.69, 9.17) is 19.9 Å². The maximum Gasteiger partial charge on any atom is 0.284 e. The van der Waals surface area contributed by atoms with E-state index in [9.17, 15) is 9.59 Å². The number of hydrogen-bond acceptors (Lipinski definition) is 7. The zero-order valence-corrected chi connectivity index (χ0v) is 22.2. The molecule has 0 saturated heterocycles. The molecule has 0 radical (unpaired) electrons. The second-order valence-electron chi connectivity index (χ2n) is 9.00. The van der Waals surface area contributed by atoms with E-state index in [0.717, 1.165) is 10.9 Å². The molecule has 2 aromatic carbocycles. The topological polar surface area (TPSA) is 123 Å². The molecule has 10 heteroatoms. The molecule has 0 unspecified atom stereocenters. The predicted molar refractivity (Wildman–Crippen MR) is 147 cm³/mol. The first-order valence-corrected chi connectivity index (χ1v) is 12.1. The van der Waals surface area contributed by atoms with E-state index in [1.165, 1.54) is 4.68 Å². The smallest absolute Gasteiger partial charge is 0.284 e. The van der Waals surface area contributed by atoms with Crippen LogP contribution in [0.2, 0.25) is 0 Å². The zero-order chi connectivity index (χ0) is 27.8. The molecule has 2 N–H and O–H groups in total. The molecule has 3 heterocycles. The minimum Gasteiger partial charge on any atom is -0.493 e. The van der Waals surface area contributed by atoms with Crippen molar-refractivity contribution in [2.24, 2.45) is 12.8 Å². The number of primary amides is 1. The van der Waals surface area contributed by atoms with Gasteiger partial charge in [0.2, 0.25) is 0 Å². The average molecular weight is 526 g/mol. The lowest BCUT2D eigenvalue weighted by molar-refractivity contribution is 0.0998. The van der Waals surface area contributed by atoms with E-state index in [0.29, 0.717) is 51.2 Å². The number of pyridine rings is 2. The molecule has 0 aliphatic carbocycles. The first-order chi connectivity index (χ1) is 18.7. The molecule has 198 valence electrons. The molecule has 0 aliphatic rings. The largest absolute Gasteiger partial charge is 0.493 e. The van der Waals surface area contributed by atoms with Crippen molar-refractivity contribution >= 4 is 16.8 Å². The summed E-state index contributed by atoms with van der Waals surface area (Å²) in [6.07, 6.45) is 3.27. The summed E-state index contributed by atoms with van der Waals surface area (Å²) in [6.45, 7) is 3.64. The van der Waals surface area contributed by atoms with Gasteiger partial charge >= 0.3 is 0 Å². The molecule has 10 nitrogen and oxygen atoms in total. The van der Waals surface area contributed by atoms with Crippen LogP contribution in [0, 0.1) is 13.8 Å². The van der Waals surface area contributed by atoms with Crippen molar-refractivity contribution in [3.8, 4) is 39.9 Å². The Balaban J connectivity index is 1.54. The van der Waals surface area contributed by atoms with Crippen molar-refractivity contribution in [1.82, 2.24) is 19.3 Å². The highest BCUT2D eigenvalue weighted by atomic mass is 16.5. The van der Waals surface area contributed by atoms with E-state index in [1.54, 1.807) is 63.5 Å². The third-order valence-corrected chi connectivity index (χ3v) is 6.63.